The van der Waals surface area contributed by atoms with Gasteiger partial charge in [-0.2, -0.15) is 11.3 Å². The monoisotopic (exact) mass is 282 g/mol. The van der Waals surface area contributed by atoms with Crippen molar-refractivity contribution in [3.63, 3.8) is 0 Å². The third-order valence-corrected chi connectivity index (χ3v) is 4.07. The molecular formula is C13H18N2O3S. The summed E-state index contributed by atoms with van der Waals surface area (Å²) in [5.74, 6) is 0.417. The third kappa shape index (κ3) is 3.70. The lowest BCUT2D eigenvalue weighted by Crippen LogP contribution is -2.41. The average molecular weight is 282 g/mol. The van der Waals surface area contributed by atoms with E-state index in [0.717, 1.165) is 18.4 Å². The van der Waals surface area contributed by atoms with Gasteiger partial charge in [-0.3, -0.25) is 4.79 Å². The van der Waals surface area contributed by atoms with Crippen LogP contribution in [0.4, 0.5) is 4.79 Å². The highest BCUT2D eigenvalue weighted by Gasteiger charge is 2.23. The Labute approximate surface area is 116 Å². The van der Waals surface area contributed by atoms with Gasteiger partial charge < -0.3 is 15.0 Å². The molecule has 0 radical (unpaired) electrons. The molecule has 0 aliphatic carbocycles. The number of hydrogen-bond donors (Lipinski definition) is 1. The minimum atomic E-state index is -0.263. The number of rotatable bonds is 3. The topological polar surface area (TPSA) is 58.6 Å². The van der Waals surface area contributed by atoms with Gasteiger partial charge >= 0.3 is 6.09 Å². The predicted octanol–water partition coefficient (Wildman–Crippen LogP) is 1.96. The number of piperidine rings is 1. The molecule has 1 aliphatic rings. The van der Waals surface area contributed by atoms with E-state index in [4.69, 9.17) is 4.74 Å². The number of thiophene rings is 1. The second-order valence-electron chi connectivity index (χ2n) is 4.62. The molecule has 1 fully saturated rings. The lowest BCUT2D eigenvalue weighted by Gasteiger charge is -2.30. The molecule has 0 atom stereocenters. The maximum absolute atomic E-state index is 11.8. The summed E-state index contributed by atoms with van der Waals surface area (Å²) in [7, 11) is 1.40. The number of amides is 2. The van der Waals surface area contributed by atoms with Gasteiger partial charge in [0.05, 0.1) is 7.11 Å². The Kier molecular flexibility index (Phi) is 4.79. The molecule has 1 aliphatic heterocycles. The molecule has 2 rings (SSSR count). The SMILES string of the molecule is COC(=O)N1CCC(CNC(=O)c2ccsc2)CC1. The van der Waals surface area contributed by atoms with Crippen LogP contribution in [0.1, 0.15) is 23.2 Å². The second-order valence-corrected chi connectivity index (χ2v) is 5.40. The van der Waals surface area contributed by atoms with Crippen molar-refractivity contribution in [1.29, 1.82) is 0 Å². The Morgan fingerprint density at radius 3 is 2.79 bits per heavy atom. The van der Waals surface area contributed by atoms with E-state index in [0.29, 0.717) is 25.6 Å². The molecule has 1 aromatic heterocycles. The fourth-order valence-corrected chi connectivity index (χ4v) is 2.82. The summed E-state index contributed by atoms with van der Waals surface area (Å²) in [6.45, 7) is 2.07. The van der Waals surface area contributed by atoms with E-state index in [9.17, 15) is 9.59 Å². The number of hydrogen-bond acceptors (Lipinski definition) is 4. The molecule has 5 nitrogen and oxygen atoms in total. The van der Waals surface area contributed by atoms with Crippen LogP contribution in [0.3, 0.4) is 0 Å². The number of carbonyl (C=O) groups excluding carboxylic acids is 2. The van der Waals surface area contributed by atoms with Gasteiger partial charge in [0.25, 0.3) is 5.91 Å². The number of methoxy groups -OCH3 is 1. The molecule has 104 valence electrons. The van der Waals surface area contributed by atoms with Crippen LogP contribution in [0.15, 0.2) is 16.8 Å². The van der Waals surface area contributed by atoms with E-state index in [-0.39, 0.29) is 12.0 Å². The van der Waals surface area contributed by atoms with E-state index in [1.165, 1.54) is 18.4 Å². The van der Waals surface area contributed by atoms with Gasteiger partial charge in [-0.25, -0.2) is 4.79 Å². The molecule has 6 heteroatoms. The van der Waals surface area contributed by atoms with Crippen molar-refractivity contribution in [3.8, 4) is 0 Å². The lowest BCUT2D eigenvalue weighted by atomic mass is 9.97. The summed E-state index contributed by atoms with van der Waals surface area (Å²) >= 11 is 1.52. The standard InChI is InChI=1S/C13H18N2O3S/c1-18-13(17)15-5-2-10(3-6-15)8-14-12(16)11-4-7-19-9-11/h4,7,9-10H,2-3,5-6,8H2,1H3,(H,14,16). The Hall–Kier alpha value is -1.56. The zero-order valence-electron chi connectivity index (χ0n) is 10.9. The highest BCUT2D eigenvalue weighted by molar-refractivity contribution is 7.08. The number of nitrogens with one attached hydrogen (secondary N) is 1. The lowest BCUT2D eigenvalue weighted by molar-refractivity contribution is 0.0914. The fourth-order valence-electron chi connectivity index (χ4n) is 2.18. The third-order valence-electron chi connectivity index (χ3n) is 3.38. The zero-order chi connectivity index (χ0) is 13.7. The van der Waals surface area contributed by atoms with Crippen molar-refractivity contribution in [2.45, 2.75) is 12.8 Å². The normalized spacial score (nSPS) is 16.2. The van der Waals surface area contributed by atoms with Crippen LogP contribution in [-0.4, -0.2) is 43.6 Å². The molecule has 2 heterocycles. The van der Waals surface area contributed by atoms with Crippen LogP contribution in [0.5, 0.6) is 0 Å². The minimum absolute atomic E-state index is 0.0170. The zero-order valence-corrected chi connectivity index (χ0v) is 11.7. The first-order valence-electron chi connectivity index (χ1n) is 6.34. The predicted molar refractivity (Wildman–Crippen MR) is 73.4 cm³/mol. The number of likely N-dealkylation sites (tertiary alicyclic amines) is 1. The van der Waals surface area contributed by atoms with E-state index in [1.54, 1.807) is 4.90 Å². The van der Waals surface area contributed by atoms with Crippen LogP contribution < -0.4 is 5.32 Å². The summed E-state index contributed by atoms with van der Waals surface area (Å²) in [6.07, 6.45) is 1.54. The number of nitrogens with zero attached hydrogens (tertiary/aromatic N) is 1. The fraction of sp³-hybridized carbons (Fsp3) is 0.538. The Morgan fingerprint density at radius 2 is 2.21 bits per heavy atom. The molecule has 1 aromatic rings. The first kappa shape index (κ1) is 13.9. The van der Waals surface area contributed by atoms with Gasteiger partial charge in [-0.15, -0.1) is 0 Å². The maximum atomic E-state index is 11.8. The second kappa shape index (κ2) is 6.56. The highest BCUT2D eigenvalue weighted by Crippen LogP contribution is 2.17. The summed E-state index contributed by atoms with van der Waals surface area (Å²) in [4.78, 5) is 24.8. The Morgan fingerprint density at radius 1 is 1.47 bits per heavy atom. The molecule has 0 aromatic carbocycles. The van der Waals surface area contributed by atoms with Crippen molar-refractivity contribution in [1.82, 2.24) is 10.2 Å². The van der Waals surface area contributed by atoms with Gasteiger partial charge in [0.15, 0.2) is 0 Å². The van der Waals surface area contributed by atoms with Gasteiger partial charge in [0.2, 0.25) is 0 Å². The minimum Gasteiger partial charge on any atom is -0.453 e. The Bertz CT molecular complexity index is 425. The van der Waals surface area contributed by atoms with Crippen molar-refractivity contribution in [2.24, 2.45) is 5.92 Å². The maximum Gasteiger partial charge on any atom is 0.409 e. The average Bonchev–Trinajstić information content (AvgIpc) is 2.98. The molecule has 0 saturated carbocycles. The van der Waals surface area contributed by atoms with Crippen molar-refractivity contribution < 1.29 is 14.3 Å². The quantitative estimate of drug-likeness (QED) is 0.922. The summed E-state index contributed by atoms with van der Waals surface area (Å²) in [6, 6.07) is 1.82. The van der Waals surface area contributed by atoms with Gasteiger partial charge in [-0.05, 0) is 30.2 Å². The summed E-state index contributed by atoms with van der Waals surface area (Å²) in [5, 5.41) is 6.68. The summed E-state index contributed by atoms with van der Waals surface area (Å²) in [5.41, 5.74) is 0.719. The number of carbonyl (C=O) groups is 2. The van der Waals surface area contributed by atoms with E-state index < -0.39 is 0 Å². The van der Waals surface area contributed by atoms with Crippen LogP contribution >= 0.6 is 11.3 Å². The van der Waals surface area contributed by atoms with Crippen molar-refractivity contribution in [3.05, 3.63) is 22.4 Å². The first-order valence-corrected chi connectivity index (χ1v) is 7.28. The van der Waals surface area contributed by atoms with Crippen LogP contribution in [0.25, 0.3) is 0 Å². The smallest absolute Gasteiger partial charge is 0.409 e. The van der Waals surface area contributed by atoms with Crippen molar-refractivity contribution >= 4 is 23.3 Å². The molecule has 1 saturated heterocycles. The van der Waals surface area contributed by atoms with Crippen LogP contribution in [-0.2, 0) is 4.74 Å². The molecule has 1 N–H and O–H groups in total. The molecule has 19 heavy (non-hydrogen) atoms. The largest absolute Gasteiger partial charge is 0.453 e. The Balaban J connectivity index is 1.71. The molecule has 2 amide bonds. The number of ether oxygens (including phenoxy) is 1. The van der Waals surface area contributed by atoms with Crippen LogP contribution in [0, 0.1) is 5.92 Å². The highest BCUT2D eigenvalue weighted by atomic mass is 32.1. The van der Waals surface area contributed by atoms with E-state index >= 15 is 0 Å². The molecular weight excluding hydrogens is 264 g/mol. The molecule has 0 unspecified atom stereocenters. The molecule has 0 spiro atoms. The van der Waals surface area contributed by atoms with Gasteiger partial charge in [0, 0.05) is 30.6 Å². The molecule has 0 bridgehead atoms. The van der Waals surface area contributed by atoms with Gasteiger partial charge in [-0.1, -0.05) is 0 Å². The first-order chi connectivity index (χ1) is 9.20. The van der Waals surface area contributed by atoms with Crippen LogP contribution in [0.2, 0.25) is 0 Å². The van der Waals surface area contributed by atoms with Crippen molar-refractivity contribution in [2.75, 3.05) is 26.7 Å². The van der Waals surface area contributed by atoms with Gasteiger partial charge in [0.1, 0.15) is 0 Å². The summed E-state index contributed by atoms with van der Waals surface area (Å²) < 4.78 is 4.69. The van der Waals surface area contributed by atoms with E-state index in [1.807, 2.05) is 16.8 Å². The van der Waals surface area contributed by atoms with E-state index in [2.05, 4.69) is 5.32 Å².